The van der Waals surface area contributed by atoms with Crippen LogP contribution in [0.2, 0.25) is 0 Å². The van der Waals surface area contributed by atoms with E-state index in [0.717, 1.165) is 53.7 Å². The van der Waals surface area contributed by atoms with Crippen LogP contribution in [0.25, 0.3) is 12.2 Å². The molecular weight excluding hydrogens is 540 g/mol. The third-order valence-electron chi connectivity index (χ3n) is 9.47. The van der Waals surface area contributed by atoms with Crippen molar-refractivity contribution in [2.75, 3.05) is 4.90 Å². The van der Waals surface area contributed by atoms with Gasteiger partial charge in [0.05, 0.1) is 17.5 Å². The van der Waals surface area contributed by atoms with Crippen LogP contribution in [0.1, 0.15) is 78.5 Å². The highest BCUT2D eigenvalue weighted by atomic mass is 16.4. The second kappa shape index (κ2) is 11.7. The normalized spacial score (nSPS) is 25.8. The van der Waals surface area contributed by atoms with Crippen LogP contribution >= 0.6 is 0 Å². The Morgan fingerprint density at radius 2 is 1.49 bits per heavy atom. The number of hydrogen-bond acceptors (Lipinski definition) is 5. The molecule has 2 aliphatic heterocycles. The number of benzene rings is 3. The molecule has 3 aromatic carbocycles. The molecule has 4 atom stereocenters. The highest BCUT2D eigenvalue weighted by Gasteiger charge is 2.68. The van der Waals surface area contributed by atoms with Crippen LogP contribution < -0.4 is 10.2 Å². The summed E-state index contributed by atoms with van der Waals surface area (Å²) in [6.45, 7) is 1.46. The predicted molar refractivity (Wildman–Crippen MR) is 165 cm³/mol. The highest BCUT2D eigenvalue weighted by Crippen LogP contribution is 2.52. The molecule has 220 valence electrons. The number of fused-ring (bicyclic) bond motifs is 1. The summed E-state index contributed by atoms with van der Waals surface area (Å²) in [5.74, 6) is -3.88. The van der Waals surface area contributed by atoms with Crippen molar-refractivity contribution in [2.45, 2.75) is 57.0 Å². The standard InChI is InChI=1S/C36H36N2O5/c1-23(39)27-18-20-29(21-19-27)38-33(40)30-31(34(38)41)36(35(42)43,22-26-10-6-3-7-11-26)37-32(30)28-16-14-25(15-17-28)13-12-24-8-4-2-5-9-24/h2,4-5,8-9,12-21,26,30-32,37H,3,6-7,10-11,22H2,1H3,(H,42,43). The minimum absolute atomic E-state index is 0.119. The third-order valence-corrected chi connectivity index (χ3v) is 9.47. The molecule has 7 nitrogen and oxygen atoms in total. The highest BCUT2D eigenvalue weighted by molar-refractivity contribution is 6.24. The smallest absolute Gasteiger partial charge is 0.324 e. The van der Waals surface area contributed by atoms with Crippen LogP contribution in [0.5, 0.6) is 0 Å². The van der Waals surface area contributed by atoms with E-state index in [1.54, 1.807) is 24.3 Å². The molecule has 2 heterocycles. The molecule has 3 aliphatic rings. The first-order chi connectivity index (χ1) is 20.8. The number of Topliss-reactive ketones (excluding diaryl/α,β-unsaturated/α-hetero) is 1. The summed E-state index contributed by atoms with van der Waals surface area (Å²) in [6.07, 6.45) is 9.37. The molecule has 2 amide bonds. The molecule has 3 fully saturated rings. The topological polar surface area (TPSA) is 104 Å². The lowest BCUT2D eigenvalue weighted by Crippen LogP contribution is -2.57. The van der Waals surface area contributed by atoms with E-state index in [9.17, 15) is 24.3 Å². The fourth-order valence-electron chi connectivity index (χ4n) is 7.28. The molecule has 0 bridgehead atoms. The number of hydrogen-bond donors (Lipinski definition) is 2. The first-order valence-electron chi connectivity index (χ1n) is 15.1. The fourth-order valence-corrected chi connectivity index (χ4v) is 7.28. The number of amides is 2. The van der Waals surface area contributed by atoms with E-state index in [0.29, 0.717) is 17.7 Å². The summed E-state index contributed by atoms with van der Waals surface area (Å²) < 4.78 is 0. The van der Waals surface area contributed by atoms with Crippen LogP contribution in [0, 0.1) is 17.8 Å². The minimum Gasteiger partial charge on any atom is -0.480 e. The monoisotopic (exact) mass is 576 g/mol. The van der Waals surface area contributed by atoms with E-state index < -0.39 is 41.2 Å². The lowest BCUT2D eigenvalue weighted by Gasteiger charge is -2.35. The third kappa shape index (κ3) is 5.34. The van der Waals surface area contributed by atoms with Gasteiger partial charge in [-0.05, 0) is 60.2 Å². The van der Waals surface area contributed by atoms with Crippen LogP contribution in [0.3, 0.4) is 0 Å². The summed E-state index contributed by atoms with van der Waals surface area (Å²) in [7, 11) is 0. The molecule has 0 aromatic heterocycles. The quantitative estimate of drug-likeness (QED) is 0.185. The Morgan fingerprint density at radius 1 is 0.860 bits per heavy atom. The molecule has 0 spiro atoms. The van der Waals surface area contributed by atoms with E-state index in [1.165, 1.54) is 6.92 Å². The summed E-state index contributed by atoms with van der Waals surface area (Å²) in [5, 5.41) is 14.2. The van der Waals surface area contributed by atoms with E-state index in [2.05, 4.69) is 5.32 Å². The second-order valence-electron chi connectivity index (χ2n) is 12.1. The van der Waals surface area contributed by atoms with Crippen molar-refractivity contribution in [2.24, 2.45) is 17.8 Å². The zero-order chi connectivity index (χ0) is 30.1. The number of anilines is 1. The number of nitrogens with one attached hydrogen (secondary N) is 1. The van der Waals surface area contributed by atoms with E-state index in [4.69, 9.17) is 0 Å². The van der Waals surface area contributed by atoms with Gasteiger partial charge in [-0.15, -0.1) is 0 Å². The zero-order valence-corrected chi connectivity index (χ0v) is 24.2. The lowest BCUT2D eigenvalue weighted by molar-refractivity contribution is -0.150. The SMILES string of the molecule is CC(=O)c1ccc(N2C(=O)C3C(c4ccc(C=Cc5ccccc5)cc4)NC(CC4CCCCC4)(C(=O)O)C3C2=O)cc1. The first-order valence-corrected chi connectivity index (χ1v) is 15.1. The van der Waals surface area contributed by atoms with Gasteiger partial charge in [-0.25, -0.2) is 4.90 Å². The molecule has 43 heavy (non-hydrogen) atoms. The second-order valence-corrected chi connectivity index (χ2v) is 12.1. The molecule has 7 heteroatoms. The molecule has 6 rings (SSSR count). The maximum absolute atomic E-state index is 14.2. The zero-order valence-electron chi connectivity index (χ0n) is 24.2. The van der Waals surface area contributed by atoms with Crippen molar-refractivity contribution in [1.29, 1.82) is 0 Å². The molecule has 2 N–H and O–H groups in total. The number of imide groups is 1. The molecule has 1 saturated carbocycles. The van der Waals surface area contributed by atoms with Crippen LogP contribution in [-0.2, 0) is 14.4 Å². The number of carboxylic acids is 1. The van der Waals surface area contributed by atoms with Crippen molar-refractivity contribution >= 4 is 41.4 Å². The summed E-state index contributed by atoms with van der Waals surface area (Å²) in [5.41, 5.74) is 2.08. The van der Waals surface area contributed by atoms with Gasteiger partial charge in [0.2, 0.25) is 11.8 Å². The molecular formula is C36H36N2O5. The summed E-state index contributed by atoms with van der Waals surface area (Å²) in [6, 6.07) is 23.4. The predicted octanol–water partition coefficient (Wildman–Crippen LogP) is 6.30. The Morgan fingerprint density at radius 3 is 2.09 bits per heavy atom. The number of carboxylic acid groups (broad SMARTS) is 1. The van der Waals surface area contributed by atoms with Gasteiger partial charge >= 0.3 is 5.97 Å². The van der Waals surface area contributed by atoms with Gasteiger partial charge in [0.15, 0.2) is 5.78 Å². The van der Waals surface area contributed by atoms with Crippen LogP contribution in [0.4, 0.5) is 5.69 Å². The summed E-state index contributed by atoms with van der Waals surface area (Å²) in [4.78, 5) is 54.5. The van der Waals surface area contributed by atoms with E-state index >= 15 is 0 Å². The number of nitrogens with zero attached hydrogens (tertiary/aromatic N) is 1. The average molecular weight is 577 g/mol. The Balaban J connectivity index is 1.37. The van der Waals surface area contributed by atoms with Crippen molar-refractivity contribution in [3.63, 3.8) is 0 Å². The Labute approximate surface area is 251 Å². The van der Waals surface area contributed by atoms with Crippen LogP contribution in [0.15, 0.2) is 78.9 Å². The van der Waals surface area contributed by atoms with Crippen molar-refractivity contribution in [1.82, 2.24) is 5.32 Å². The maximum Gasteiger partial charge on any atom is 0.324 e. The Kier molecular flexibility index (Phi) is 7.84. The van der Waals surface area contributed by atoms with Crippen LogP contribution in [-0.4, -0.2) is 34.2 Å². The van der Waals surface area contributed by atoms with Crippen molar-refractivity contribution in [3.8, 4) is 0 Å². The molecule has 1 aliphatic carbocycles. The molecule has 0 radical (unpaired) electrons. The molecule has 3 aromatic rings. The van der Waals surface area contributed by atoms with E-state index in [1.807, 2.05) is 66.7 Å². The lowest BCUT2D eigenvalue weighted by atomic mass is 9.72. The maximum atomic E-state index is 14.2. The van der Waals surface area contributed by atoms with Gasteiger partial charge in [-0.1, -0.05) is 98.9 Å². The van der Waals surface area contributed by atoms with Crippen molar-refractivity contribution < 1.29 is 24.3 Å². The van der Waals surface area contributed by atoms with Gasteiger partial charge in [-0.2, -0.15) is 0 Å². The minimum atomic E-state index is -1.57. The largest absolute Gasteiger partial charge is 0.480 e. The fraction of sp³-hybridized carbons (Fsp3) is 0.333. The molecule has 4 unspecified atom stereocenters. The van der Waals surface area contributed by atoms with E-state index in [-0.39, 0.29) is 11.7 Å². The average Bonchev–Trinajstić information content (AvgIpc) is 3.50. The van der Waals surface area contributed by atoms with Gasteiger partial charge in [0, 0.05) is 11.6 Å². The van der Waals surface area contributed by atoms with Gasteiger partial charge < -0.3 is 5.11 Å². The number of rotatable bonds is 8. The summed E-state index contributed by atoms with van der Waals surface area (Å²) >= 11 is 0. The Bertz CT molecular complexity index is 1560. The Hall–Kier alpha value is -4.36. The number of aliphatic carboxylic acids is 1. The first kappa shape index (κ1) is 28.7. The van der Waals surface area contributed by atoms with Gasteiger partial charge in [0.1, 0.15) is 5.54 Å². The van der Waals surface area contributed by atoms with Gasteiger partial charge in [0.25, 0.3) is 0 Å². The number of carbonyl (C=O) groups is 4. The number of ketones is 1. The number of carbonyl (C=O) groups excluding carboxylic acids is 3. The molecule has 2 saturated heterocycles. The van der Waals surface area contributed by atoms with Crippen molar-refractivity contribution in [3.05, 3.63) is 101 Å². The van der Waals surface area contributed by atoms with Gasteiger partial charge in [-0.3, -0.25) is 24.5 Å².